The van der Waals surface area contributed by atoms with Crippen LogP contribution in [-0.4, -0.2) is 4.57 Å². The minimum absolute atomic E-state index is 0.882. The predicted octanol–water partition coefficient (Wildman–Crippen LogP) is 15.2. The van der Waals surface area contributed by atoms with Crippen molar-refractivity contribution in [3.63, 3.8) is 0 Å². The molecule has 2 aromatic heterocycles. The molecule has 11 aromatic rings. The molecule has 0 N–H and O–H groups in total. The molecule has 3 nitrogen and oxygen atoms in total. The molecule has 0 aliphatic rings. The summed E-state index contributed by atoms with van der Waals surface area (Å²) in [6.45, 7) is 0. The van der Waals surface area contributed by atoms with Gasteiger partial charge in [-0.25, -0.2) is 0 Å². The smallest absolute Gasteiger partial charge is 0.143 e. The number of furan rings is 1. The average Bonchev–Trinajstić information content (AvgIpc) is 3.83. The van der Waals surface area contributed by atoms with Crippen molar-refractivity contribution in [1.29, 1.82) is 0 Å². The van der Waals surface area contributed by atoms with Gasteiger partial charge < -0.3 is 13.9 Å². The first-order valence-corrected chi connectivity index (χ1v) is 19.4. The predicted molar refractivity (Wildman–Crippen MR) is 239 cm³/mol. The lowest BCUT2D eigenvalue weighted by atomic mass is 9.95. The summed E-state index contributed by atoms with van der Waals surface area (Å²) in [7, 11) is 0. The number of rotatable bonds is 7. The van der Waals surface area contributed by atoms with Crippen molar-refractivity contribution < 1.29 is 4.42 Å². The van der Waals surface area contributed by atoms with Gasteiger partial charge in [0, 0.05) is 49.6 Å². The van der Waals surface area contributed by atoms with Crippen LogP contribution in [0.3, 0.4) is 0 Å². The Hall–Kier alpha value is -7.62. The normalized spacial score (nSPS) is 11.5. The fraction of sp³-hybridized carbons (Fsp3) is 0. The van der Waals surface area contributed by atoms with Crippen LogP contribution >= 0.6 is 0 Å². The fourth-order valence-electron chi connectivity index (χ4n) is 8.61. The molecule has 2 heterocycles. The summed E-state index contributed by atoms with van der Waals surface area (Å²) < 4.78 is 9.08. The summed E-state index contributed by atoms with van der Waals surface area (Å²) in [6, 6.07) is 78.2. The fourth-order valence-corrected chi connectivity index (χ4v) is 8.61. The lowest BCUT2D eigenvalue weighted by Crippen LogP contribution is -2.13. The number of benzene rings is 9. The maximum absolute atomic E-state index is 6.69. The number of hydrogen-bond acceptors (Lipinski definition) is 2. The van der Waals surface area contributed by atoms with E-state index in [4.69, 9.17) is 4.42 Å². The van der Waals surface area contributed by atoms with Crippen LogP contribution in [0.2, 0.25) is 0 Å². The molecule has 57 heavy (non-hydrogen) atoms. The number of para-hydroxylation sites is 5. The number of fused-ring (bicyclic) bond motifs is 6. The van der Waals surface area contributed by atoms with Crippen LogP contribution < -0.4 is 4.90 Å². The molecule has 0 unspecified atom stereocenters. The second kappa shape index (κ2) is 13.6. The zero-order valence-electron chi connectivity index (χ0n) is 31.1. The van der Waals surface area contributed by atoms with Gasteiger partial charge in [0.1, 0.15) is 11.2 Å². The van der Waals surface area contributed by atoms with Crippen molar-refractivity contribution in [2.24, 2.45) is 0 Å². The van der Waals surface area contributed by atoms with Gasteiger partial charge in [-0.15, -0.1) is 0 Å². The Morgan fingerprint density at radius 2 is 0.982 bits per heavy atom. The molecule has 0 amide bonds. The molecule has 0 atom stereocenters. The van der Waals surface area contributed by atoms with E-state index in [2.05, 4.69) is 222 Å². The highest BCUT2D eigenvalue weighted by atomic mass is 16.3. The number of anilines is 3. The molecule has 0 aliphatic heterocycles. The Balaban J connectivity index is 1.24. The lowest BCUT2D eigenvalue weighted by Gasteiger charge is -2.30. The number of nitrogens with zero attached hydrogens (tertiary/aromatic N) is 2. The number of hydrogen-bond donors (Lipinski definition) is 0. The molecule has 0 fully saturated rings. The monoisotopic (exact) mass is 728 g/mol. The first-order chi connectivity index (χ1) is 28.3. The summed E-state index contributed by atoms with van der Waals surface area (Å²) in [5, 5.41) is 4.65. The number of aromatic nitrogens is 1. The van der Waals surface area contributed by atoms with Crippen LogP contribution in [0.25, 0.3) is 82.8 Å². The topological polar surface area (TPSA) is 21.3 Å². The van der Waals surface area contributed by atoms with Crippen molar-refractivity contribution in [2.75, 3.05) is 4.90 Å². The van der Waals surface area contributed by atoms with E-state index in [0.717, 1.165) is 78.0 Å². The Morgan fingerprint density at radius 1 is 0.351 bits per heavy atom. The SMILES string of the molecule is c1ccc(-c2ccc(-c3ccccc3)c(N(c3ccc4c5ccccc5n(-c5ccccc5)c4c3)c3ccccc3-c3cccc4c3oc3ccccc34)c2)cc1. The molecule has 11 rings (SSSR count). The third kappa shape index (κ3) is 5.51. The third-order valence-corrected chi connectivity index (χ3v) is 11.2. The largest absolute Gasteiger partial charge is 0.455 e. The van der Waals surface area contributed by atoms with E-state index in [1.165, 1.54) is 21.9 Å². The van der Waals surface area contributed by atoms with Crippen molar-refractivity contribution in [2.45, 2.75) is 0 Å². The lowest BCUT2D eigenvalue weighted by molar-refractivity contribution is 0.670. The van der Waals surface area contributed by atoms with Crippen LogP contribution in [0.15, 0.2) is 223 Å². The van der Waals surface area contributed by atoms with Crippen LogP contribution in [-0.2, 0) is 0 Å². The van der Waals surface area contributed by atoms with Crippen molar-refractivity contribution in [3.05, 3.63) is 218 Å². The van der Waals surface area contributed by atoms with Gasteiger partial charge in [-0.05, 0) is 65.2 Å². The van der Waals surface area contributed by atoms with Crippen molar-refractivity contribution in [1.82, 2.24) is 4.57 Å². The molecule has 0 saturated heterocycles. The summed E-state index contributed by atoms with van der Waals surface area (Å²) in [4.78, 5) is 2.46. The molecule has 3 heteroatoms. The quantitative estimate of drug-likeness (QED) is 0.163. The van der Waals surface area contributed by atoms with Crippen LogP contribution in [0, 0.1) is 0 Å². The zero-order chi connectivity index (χ0) is 37.7. The molecule has 268 valence electrons. The zero-order valence-corrected chi connectivity index (χ0v) is 31.1. The summed E-state index contributed by atoms with van der Waals surface area (Å²) in [5.41, 5.74) is 15.1. The van der Waals surface area contributed by atoms with Gasteiger partial charge in [0.2, 0.25) is 0 Å². The van der Waals surface area contributed by atoms with Gasteiger partial charge in [0.15, 0.2) is 0 Å². The molecular weight excluding hydrogens is 693 g/mol. The van der Waals surface area contributed by atoms with Gasteiger partial charge in [-0.2, -0.15) is 0 Å². The van der Waals surface area contributed by atoms with Gasteiger partial charge in [-0.3, -0.25) is 0 Å². The first kappa shape index (κ1) is 32.8. The highest BCUT2D eigenvalue weighted by Crippen LogP contribution is 2.48. The van der Waals surface area contributed by atoms with E-state index < -0.39 is 0 Å². The van der Waals surface area contributed by atoms with Gasteiger partial charge in [0.25, 0.3) is 0 Å². The highest BCUT2D eigenvalue weighted by Gasteiger charge is 2.24. The highest BCUT2D eigenvalue weighted by molar-refractivity contribution is 6.13. The first-order valence-electron chi connectivity index (χ1n) is 19.4. The molecule has 0 spiro atoms. The van der Waals surface area contributed by atoms with Crippen LogP contribution in [0.1, 0.15) is 0 Å². The van der Waals surface area contributed by atoms with E-state index in [-0.39, 0.29) is 0 Å². The van der Waals surface area contributed by atoms with E-state index >= 15 is 0 Å². The van der Waals surface area contributed by atoms with Crippen LogP contribution in [0.4, 0.5) is 17.1 Å². The van der Waals surface area contributed by atoms with Gasteiger partial charge in [0.05, 0.1) is 22.4 Å². The standard InChI is InChI=1S/C54H36N2O/c1-4-17-37(18-5-1)39-31-33-42(38-19-6-2-7-20-38)51(35-39)56(41-32-34-45-43-23-10-13-28-49(43)55(52(45)36-41)40-21-8-3-9-22-40)50-29-14-11-24-44(50)47-26-16-27-48-46-25-12-15-30-53(46)57-54(47)48/h1-36H. The Bertz CT molecular complexity index is 3230. The van der Waals surface area contributed by atoms with E-state index in [1.807, 2.05) is 6.07 Å². The third-order valence-electron chi connectivity index (χ3n) is 11.2. The van der Waals surface area contributed by atoms with Gasteiger partial charge in [-0.1, -0.05) is 170 Å². The Morgan fingerprint density at radius 3 is 1.81 bits per heavy atom. The summed E-state index contributed by atoms with van der Waals surface area (Å²) >= 11 is 0. The van der Waals surface area contributed by atoms with Crippen LogP contribution in [0.5, 0.6) is 0 Å². The molecule has 0 bridgehead atoms. The molecule has 0 aliphatic carbocycles. The minimum atomic E-state index is 0.882. The minimum Gasteiger partial charge on any atom is -0.455 e. The second-order valence-corrected chi connectivity index (χ2v) is 14.5. The summed E-state index contributed by atoms with van der Waals surface area (Å²) in [5.74, 6) is 0. The molecule has 9 aromatic carbocycles. The second-order valence-electron chi connectivity index (χ2n) is 14.5. The van der Waals surface area contributed by atoms with Gasteiger partial charge >= 0.3 is 0 Å². The maximum atomic E-state index is 6.69. The van der Waals surface area contributed by atoms with E-state index in [1.54, 1.807) is 0 Å². The van der Waals surface area contributed by atoms with E-state index in [0.29, 0.717) is 0 Å². The van der Waals surface area contributed by atoms with Crippen molar-refractivity contribution in [3.8, 4) is 39.1 Å². The Labute approximate surface area is 330 Å². The van der Waals surface area contributed by atoms with E-state index in [9.17, 15) is 0 Å². The molecule has 0 radical (unpaired) electrons. The van der Waals surface area contributed by atoms with Crippen molar-refractivity contribution >= 4 is 60.8 Å². The average molecular weight is 729 g/mol. The molecular formula is C54H36N2O. The Kier molecular flexibility index (Phi) is 7.82. The molecule has 0 saturated carbocycles. The summed E-state index contributed by atoms with van der Waals surface area (Å²) in [6.07, 6.45) is 0. The maximum Gasteiger partial charge on any atom is 0.143 e.